The summed E-state index contributed by atoms with van der Waals surface area (Å²) >= 11 is 0. The van der Waals surface area contributed by atoms with Gasteiger partial charge in [-0.15, -0.1) is 0 Å². The van der Waals surface area contributed by atoms with E-state index in [1.165, 1.54) is 17.6 Å². The van der Waals surface area contributed by atoms with Crippen molar-refractivity contribution in [2.24, 2.45) is 5.92 Å². The number of allylic oxidation sites excluding steroid dienone is 1. The molecule has 0 amide bonds. The summed E-state index contributed by atoms with van der Waals surface area (Å²) in [6.07, 6.45) is 6.06. The maximum atomic E-state index is 11.4. The third-order valence-electron chi connectivity index (χ3n) is 3.40. The number of rotatable bonds is 4. The van der Waals surface area contributed by atoms with Gasteiger partial charge in [0.2, 0.25) is 0 Å². The maximum absolute atomic E-state index is 11.4. The average Bonchev–Trinajstić information content (AvgIpc) is 2.78. The quantitative estimate of drug-likeness (QED) is 0.598. The van der Waals surface area contributed by atoms with Crippen LogP contribution in [0.25, 0.3) is 0 Å². The largest absolute Gasteiger partial charge is 0.463 e. The van der Waals surface area contributed by atoms with Gasteiger partial charge in [0.25, 0.3) is 0 Å². The van der Waals surface area contributed by atoms with Crippen molar-refractivity contribution in [3.8, 4) is 0 Å². The van der Waals surface area contributed by atoms with Crippen LogP contribution in [0.4, 0.5) is 0 Å². The molecule has 1 atom stereocenters. The Bertz CT molecular complexity index is 420. The van der Waals surface area contributed by atoms with Gasteiger partial charge in [-0.2, -0.15) is 0 Å². The third-order valence-corrected chi connectivity index (χ3v) is 3.40. The van der Waals surface area contributed by atoms with Crippen LogP contribution in [0.2, 0.25) is 0 Å². The van der Waals surface area contributed by atoms with Crippen LogP contribution in [-0.2, 0) is 16.0 Å². The van der Waals surface area contributed by atoms with Gasteiger partial charge >= 0.3 is 5.97 Å². The number of esters is 1. The van der Waals surface area contributed by atoms with E-state index < -0.39 is 0 Å². The lowest BCUT2D eigenvalue weighted by atomic mass is 9.98. The minimum Gasteiger partial charge on any atom is -0.463 e. The summed E-state index contributed by atoms with van der Waals surface area (Å²) in [7, 11) is 0. The highest BCUT2D eigenvalue weighted by Crippen LogP contribution is 2.32. The Labute approximate surface area is 109 Å². The van der Waals surface area contributed by atoms with E-state index in [2.05, 4.69) is 24.3 Å². The molecule has 2 nitrogen and oxygen atoms in total. The summed E-state index contributed by atoms with van der Waals surface area (Å²) in [5.74, 6) is 0.487. The number of hydrogen-bond donors (Lipinski definition) is 0. The number of carbonyl (C=O) groups excluding carboxylic acids is 1. The van der Waals surface area contributed by atoms with Crippen molar-refractivity contribution in [1.29, 1.82) is 0 Å². The van der Waals surface area contributed by atoms with Crippen LogP contribution >= 0.6 is 0 Å². The molecule has 0 aromatic heterocycles. The first-order valence-corrected chi connectivity index (χ1v) is 6.68. The van der Waals surface area contributed by atoms with Crippen molar-refractivity contribution in [1.82, 2.24) is 0 Å². The SMILES string of the molecule is CCOC(=O)C=C1CCC(Cc2ccccc2)C1. The topological polar surface area (TPSA) is 26.3 Å². The zero-order valence-corrected chi connectivity index (χ0v) is 10.9. The van der Waals surface area contributed by atoms with Crippen LogP contribution in [0.15, 0.2) is 42.0 Å². The Hall–Kier alpha value is -1.57. The van der Waals surface area contributed by atoms with E-state index in [9.17, 15) is 4.79 Å². The van der Waals surface area contributed by atoms with Gasteiger partial charge in [-0.25, -0.2) is 4.79 Å². The molecule has 1 fully saturated rings. The standard InChI is InChI=1S/C16H20O2/c1-2-18-16(17)12-15-9-8-14(11-15)10-13-6-4-3-5-7-13/h3-7,12,14H,2,8-11H2,1H3. The molecule has 2 heteroatoms. The van der Waals surface area contributed by atoms with Crippen molar-refractivity contribution < 1.29 is 9.53 Å². The van der Waals surface area contributed by atoms with Gasteiger partial charge in [-0.1, -0.05) is 35.9 Å². The van der Waals surface area contributed by atoms with E-state index in [-0.39, 0.29) is 5.97 Å². The first-order chi connectivity index (χ1) is 8.78. The van der Waals surface area contributed by atoms with Crippen molar-refractivity contribution in [2.45, 2.75) is 32.6 Å². The van der Waals surface area contributed by atoms with Gasteiger partial charge in [0.15, 0.2) is 0 Å². The fourth-order valence-corrected chi connectivity index (χ4v) is 2.57. The van der Waals surface area contributed by atoms with Gasteiger partial charge in [-0.05, 0) is 44.1 Å². The molecule has 96 valence electrons. The molecule has 1 unspecified atom stereocenters. The van der Waals surface area contributed by atoms with Gasteiger partial charge in [0.05, 0.1) is 6.61 Å². The molecule has 0 heterocycles. The predicted molar refractivity (Wildman–Crippen MR) is 72.2 cm³/mol. The van der Waals surface area contributed by atoms with E-state index in [1.807, 2.05) is 13.0 Å². The molecule has 0 radical (unpaired) electrons. The first kappa shape index (κ1) is 12.9. The third kappa shape index (κ3) is 3.73. The van der Waals surface area contributed by atoms with Crippen molar-refractivity contribution in [3.63, 3.8) is 0 Å². The number of ether oxygens (including phenoxy) is 1. The molecule has 0 saturated heterocycles. The van der Waals surface area contributed by atoms with Crippen LogP contribution in [0, 0.1) is 5.92 Å². The maximum Gasteiger partial charge on any atom is 0.330 e. The smallest absolute Gasteiger partial charge is 0.330 e. The minimum atomic E-state index is -0.187. The summed E-state index contributed by atoms with van der Waals surface area (Å²) in [6.45, 7) is 2.29. The zero-order valence-electron chi connectivity index (χ0n) is 10.9. The molecule has 18 heavy (non-hydrogen) atoms. The monoisotopic (exact) mass is 244 g/mol. The van der Waals surface area contributed by atoms with Gasteiger partial charge in [0.1, 0.15) is 0 Å². The van der Waals surface area contributed by atoms with Crippen molar-refractivity contribution in [2.75, 3.05) is 6.61 Å². The Kier molecular flexibility index (Phi) is 4.57. The molecule has 1 aromatic carbocycles. The molecule has 2 rings (SSSR count). The van der Waals surface area contributed by atoms with Gasteiger partial charge < -0.3 is 4.74 Å². The Balaban J connectivity index is 1.87. The van der Waals surface area contributed by atoms with Gasteiger partial charge in [-0.3, -0.25) is 0 Å². The molecule has 0 N–H and O–H groups in total. The average molecular weight is 244 g/mol. The molecular formula is C16H20O2. The van der Waals surface area contributed by atoms with E-state index in [0.717, 1.165) is 19.3 Å². The lowest BCUT2D eigenvalue weighted by Crippen LogP contribution is -2.01. The van der Waals surface area contributed by atoms with E-state index in [1.54, 1.807) is 6.08 Å². The number of carbonyl (C=O) groups is 1. The van der Waals surface area contributed by atoms with Crippen LogP contribution in [0.5, 0.6) is 0 Å². The molecule has 0 bridgehead atoms. The van der Waals surface area contributed by atoms with Gasteiger partial charge in [0, 0.05) is 6.08 Å². The Morgan fingerprint density at radius 1 is 1.39 bits per heavy atom. The lowest BCUT2D eigenvalue weighted by molar-refractivity contribution is -0.137. The van der Waals surface area contributed by atoms with Crippen LogP contribution in [0.3, 0.4) is 0 Å². The predicted octanol–water partition coefficient (Wildman–Crippen LogP) is 3.52. The summed E-state index contributed by atoms with van der Waals surface area (Å²) in [5, 5.41) is 0. The van der Waals surface area contributed by atoms with Crippen molar-refractivity contribution in [3.05, 3.63) is 47.5 Å². The van der Waals surface area contributed by atoms with Crippen LogP contribution in [0.1, 0.15) is 31.7 Å². The van der Waals surface area contributed by atoms with Crippen molar-refractivity contribution >= 4 is 5.97 Å². The van der Waals surface area contributed by atoms with E-state index >= 15 is 0 Å². The molecule has 0 spiro atoms. The Morgan fingerprint density at radius 2 is 2.17 bits per heavy atom. The second kappa shape index (κ2) is 6.39. The zero-order chi connectivity index (χ0) is 12.8. The fraction of sp³-hybridized carbons (Fsp3) is 0.438. The Morgan fingerprint density at radius 3 is 2.89 bits per heavy atom. The molecule has 1 aromatic rings. The van der Waals surface area contributed by atoms with Crippen LogP contribution < -0.4 is 0 Å². The molecule has 0 aliphatic heterocycles. The number of hydrogen-bond acceptors (Lipinski definition) is 2. The summed E-state index contributed by atoms with van der Waals surface area (Å²) in [6, 6.07) is 10.6. The molecular weight excluding hydrogens is 224 g/mol. The summed E-state index contributed by atoms with van der Waals surface area (Å²) < 4.78 is 4.94. The highest BCUT2D eigenvalue weighted by atomic mass is 16.5. The second-order valence-electron chi connectivity index (χ2n) is 4.85. The number of benzene rings is 1. The lowest BCUT2D eigenvalue weighted by Gasteiger charge is -2.07. The summed E-state index contributed by atoms with van der Waals surface area (Å²) in [4.78, 5) is 11.4. The summed E-state index contributed by atoms with van der Waals surface area (Å²) in [5.41, 5.74) is 2.63. The molecule has 1 aliphatic rings. The fourth-order valence-electron chi connectivity index (χ4n) is 2.57. The van der Waals surface area contributed by atoms with Crippen LogP contribution in [-0.4, -0.2) is 12.6 Å². The molecule has 1 aliphatic carbocycles. The molecule has 1 saturated carbocycles. The van der Waals surface area contributed by atoms with E-state index in [4.69, 9.17) is 4.74 Å². The highest BCUT2D eigenvalue weighted by molar-refractivity contribution is 5.82. The first-order valence-electron chi connectivity index (χ1n) is 6.68. The normalized spacial score (nSPS) is 21.2. The minimum absolute atomic E-state index is 0.187. The second-order valence-corrected chi connectivity index (χ2v) is 4.85. The highest BCUT2D eigenvalue weighted by Gasteiger charge is 2.20. The van der Waals surface area contributed by atoms with E-state index in [0.29, 0.717) is 12.5 Å².